The molecule has 0 amide bonds. The molecule has 1 heterocycles. The lowest BCUT2D eigenvalue weighted by atomic mass is 10.0. The van der Waals surface area contributed by atoms with Crippen molar-refractivity contribution in [3.8, 4) is 0 Å². The number of benzene rings is 1. The molecule has 29 heavy (non-hydrogen) atoms. The average molecular weight is 516 g/mol. The molecule has 1 unspecified atom stereocenters. The predicted molar refractivity (Wildman–Crippen MR) is 129 cm³/mol. The Morgan fingerprint density at radius 2 is 1.93 bits per heavy atom. The highest BCUT2D eigenvalue weighted by Gasteiger charge is 2.23. The second kappa shape index (κ2) is 13.4. The molecule has 1 saturated heterocycles. The normalized spacial score (nSPS) is 18.8. The summed E-state index contributed by atoms with van der Waals surface area (Å²) in [4.78, 5) is 6.88. The van der Waals surface area contributed by atoms with E-state index in [4.69, 9.17) is 9.47 Å². The highest BCUT2D eigenvalue weighted by Crippen LogP contribution is 2.28. The molecule has 1 aromatic carbocycles. The van der Waals surface area contributed by atoms with Crippen LogP contribution in [0.4, 0.5) is 0 Å². The summed E-state index contributed by atoms with van der Waals surface area (Å²) in [5.74, 6) is 1.69. The van der Waals surface area contributed by atoms with Crippen molar-refractivity contribution in [2.75, 3.05) is 59.7 Å². The van der Waals surface area contributed by atoms with E-state index in [1.54, 1.807) is 0 Å². The number of morpholine rings is 1. The molecule has 7 heteroatoms. The number of nitrogens with one attached hydrogen (secondary N) is 2. The molecule has 0 radical (unpaired) electrons. The molecule has 1 saturated carbocycles. The summed E-state index contributed by atoms with van der Waals surface area (Å²) in [5.41, 5.74) is 2.63. The molecular weight excluding hydrogens is 479 g/mol. The van der Waals surface area contributed by atoms with Crippen LogP contribution in [-0.4, -0.2) is 70.5 Å². The van der Waals surface area contributed by atoms with Crippen LogP contribution in [0.5, 0.6) is 0 Å². The van der Waals surface area contributed by atoms with Gasteiger partial charge in [0.1, 0.15) is 0 Å². The van der Waals surface area contributed by atoms with Crippen molar-refractivity contribution in [3.63, 3.8) is 0 Å². The average Bonchev–Trinajstić information content (AvgIpc) is 3.55. The molecule has 0 aromatic heterocycles. The minimum absolute atomic E-state index is 0. The molecule has 164 valence electrons. The number of hydrogen-bond acceptors (Lipinski definition) is 4. The van der Waals surface area contributed by atoms with E-state index in [9.17, 15) is 0 Å². The van der Waals surface area contributed by atoms with Crippen LogP contribution < -0.4 is 10.6 Å². The maximum atomic E-state index is 5.70. The topological polar surface area (TPSA) is 58.1 Å². The third kappa shape index (κ3) is 8.78. The third-order valence-electron chi connectivity index (χ3n) is 5.44. The minimum Gasteiger partial charge on any atom is -0.381 e. The Bertz CT molecular complexity index is 601. The van der Waals surface area contributed by atoms with E-state index in [-0.39, 0.29) is 24.0 Å². The molecule has 2 fully saturated rings. The molecule has 1 aromatic rings. The van der Waals surface area contributed by atoms with Crippen LogP contribution >= 0.6 is 24.0 Å². The summed E-state index contributed by atoms with van der Waals surface area (Å²) >= 11 is 0. The SMILES string of the molecule is CN=C(NCCCOCC1CC1)NCC(c1ccc(C)cc1)N1CCOCC1.I. The quantitative estimate of drug-likeness (QED) is 0.217. The van der Waals surface area contributed by atoms with Gasteiger partial charge in [0.15, 0.2) is 5.96 Å². The number of ether oxygens (including phenoxy) is 2. The van der Waals surface area contributed by atoms with E-state index < -0.39 is 0 Å². The van der Waals surface area contributed by atoms with Crippen LogP contribution in [-0.2, 0) is 9.47 Å². The van der Waals surface area contributed by atoms with Gasteiger partial charge in [0.25, 0.3) is 0 Å². The molecule has 1 aliphatic heterocycles. The van der Waals surface area contributed by atoms with E-state index in [1.807, 2.05) is 7.05 Å². The van der Waals surface area contributed by atoms with Gasteiger partial charge >= 0.3 is 0 Å². The fraction of sp³-hybridized carbons (Fsp3) is 0.682. The van der Waals surface area contributed by atoms with Crippen LogP contribution in [0.1, 0.15) is 36.4 Å². The van der Waals surface area contributed by atoms with Crippen LogP contribution in [0.25, 0.3) is 0 Å². The van der Waals surface area contributed by atoms with Gasteiger partial charge in [-0.1, -0.05) is 29.8 Å². The van der Waals surface area contributed by atoms with E-state index in [0.29, 0.717) is 6.04 Å². The van der Waals surface area contributed by atoms with Gasteiger partial charge in [-0.15, -0.1) is 24.0 Å². The zero-order valence-corrected chi connectivity index (χ0v) is 20.2. The number of guanidine groups is 1. The number of halogens is 1. The van der Waals surface area contributed by atoms with Crippen LogP contribution in [0.15, 0.2) is 29.3 Å². The monoisotopic (exact) mass is 516 g/mol. The number of aryl methyl sites for hydroxylation is 1. The molecule has 1 aliphatic carbocycles. The fourth-order valence-corrected chi connectivity index (χ4v) is 3.47. The molecule has 6 nitrogen and oxygen atoms in total. The maximum absolute atomic E-state index is 5.70. The Labute approximate surface area is 192 Å². The van der Waals surface area contributed by atoms with E-state index in [0.717, 1.165) is 70.9 Å². The summed E-state index contributed by atoms with van der Waals surface area (Å²) in [6.07, 6.45) is 3.69. The minimum atomic E-state index is 0. The molecule has 0 spiro atoms. The first-order valence-corrected chi connectivity index (χ1v) is 10.7. The Morgan fingerprint density at radius 1 is 1.21 bits per heavy atom. The van der Waals surface area contributed by atoms with Crippen molar-refractivity contribution >= 4 is 29.9 Å². The third-order valence-corrected chi connectivity index (χ3v) is 5.44. The molecule has 1 atom stereocenters. The van der Waals surface area contributed by atoms with E-state index in [2.05, 4.69) is 51.7 Å². The largest absolute Gasteiger partial charge is 0.381 e. The summed E-state index contributed by atoms with van der Waals surface area (Å²) in [6, 6.07) is 9.18. The maximum Gasteiger partial charge on any atom is 0.191 e. The van der Waals surface area contributed by atoms with Crippen LogP contribution in [0.2, 0.25) is 0 Å². The van der Waals surface area contributed by atoms with Crippen molar-refractivity contribution < 1.29 is 9.47 Å². The first-order valence-electron chi connectivity index (χ1n) is 10.7. The van der Waals surface area contributed by atoms with Gasteiger partial charge in [0, 0.05) is 46.4 Å². The Morgan fingerprint density at radius 3 is 2.59 bits per heavy atom. The molecule has 2 aliphatic rings. The number of hydrogen-bond donors (Lipinski definition) is 2. The van der Waals surface area contributed by atoms with E-state index >= 15 is 0 Å². The van der Waals surface area contributed by atoms with Crippen molar-refractivity contribution in [3.05, 3.63) is 35.4 Å². The summed E-state index contributed by atoms with van der Waals surface area (Å²) < 4.78 is 11.2. The van der Waals surface area contributed by atoms with Crippen LogP contribution in [0.3, 0.4) is 0 Å². The lowest BCUT2D eigenvalue weighted by molar-refractivity contribution is 0.0170. The molecule has 0 bridgehead atoms. The number of nitrogens with zero attached hydrogens (tertiary/aromatic N) is 2. The lowest BCUT2D eigenvalue weighted by Crippen LogP contribution is -2.46. The molecule has 3 rings (SSSR count). The van der Waals surface area contributed by atoms with Crippen molar-refractivity contribution in [2.45, 2.75) is 32.2 Å². The zero-order chi connectivity index (χ0) is 19.6. The van der Waals surface area contributed by atoms with Gasteiger partial charge in [-0.2, -0.15) is 0 Å². The summed E-state index contributed by atoms with van der Waals surface area (Å²) in [7, 11) is 1.83. The zero-order valence-electron chi connectivity index (χ0n) is 17.9. The Kier molecular flexibility index (Phi) is 11.3. The van der Waals surface area contributed by atoms with Crippen LogP contribution in [0, 0.1) is 12.8 Å². The standard InChI is InChI=1S/C22H36N4O2.HI/c1-18-4-8-20(9-5-18)21(26-11-14-27-15-12-26)16-25-22(23-2)24-10-3-13-28-17-19-6-7-19;/h4-5,8-9,19,21H,3,6-7,10-17H2,1-2H3,(H2,23,24,25);1H. The lowest BCUT2D eigenvalue weighted by Gasteiger charge is -2.35. The van der Waals surface area contributed by atoms with Crippen molar-refractivity contribution in [1.29, 1.82) is 0 Å². The van der Waals surface area contributed by atoms with E-state index in [1.165, 1.54) is 24.0 Å². The first kappa shape index (κ1) is 24.4. The van der Waals surface area contributed by atoms with Gasteiger partial charge in [0.2, 0.25) is 0 Å². The van der Waals surface area contributed by atoms with Crippen molar-refractivity contribution in [2.24, 2.45) is 10.9 Å². The Hall–Kier alpha value is -0.900. The smallest absolute Gasteiger partial charge is 0.191 e. The van der Waals surface area contributed by atoms with Gasteiger partial charge in [-0.3, -0.25) is 9.89 Å². The Balaban J connectivity index is 0.00000300. The molecule has 2 N–H and O–H groups in total. The second-order valence-corrected chi connectivity index (χ2v) is 7.83. The number of rotatable bonds is 10. The van der Waals surface area contributed by atoms with Gasteiger partial charge in [0.05, 0.1) is 19.3 Å². The number of aliphatic imine (C=N–C) groups is 1. The summed E-state index contributed by atoms with van der Waals surface area (Å²) in [6.45, 7) is 9.11. The van der Waals surface area contributed by atoms with Gasteiger partial charge < -0.3 is 20.1 Å². The van der Waals surface area contributed by atoms with Gasteiger partial charge in [-0.05, 0) is 37.7 Å². The fourth-order valence-electron chi connectivity index (χ4n) is 3.47. The second-order valence-electron chi connectivity index (χ2n) is 7.83. The van der Waals surface area contributed by atoms with Gasteiger partial charge in [-0.25, -0.2) is 0 Å². The highest BCUT2D eigenvalue weighted by atomic mass is 127. The van der Waals surface area contributed by atoms with Crippen molar-refractivity contribution in [1.82, 2.24) is 15.5 Å². The first-order chi connectivity index (χ1) is 13.8. The predicted octanol–water partition coefficient (Wildman–Crippen LogP) is 2.97. The molecular formula is C22H37IN4O2. The highest BCUT2D eigenvalue weighted by molar-refractivity contribution is 14.0. The summed E-state index contributed by atoms with van der Waals surface area (Å²) in [5, 5.41) is 6.92.